The molecule has 0 heterocycles. The van der Waals surface area contributed by atoms with Gasteiger partial charge in [0.25, 0.3) is 0 Å². The van der Waals surface area contributed by atoms with Crippen LogP contribution in [0, 0.1) is 0 Å². The first-order chi connectivity index (χ1) is 14.2. The number of hydrogen-bond acceptors (Lipinski definition) is 4. The van der Waals surface area contributed by atoms with Crippen molar-refractivity contribution < 1.29 is 17.9 Å². The Hall–Kier alpha value is -2.09. The van der Waals surface area contributed by atoms with E-state index in [1.165, 1.54) is 17.7 Å². The summed E-state index contributed by atoms with van der Waals surface area (Å²) in [5.74, 6) is 0.646. The number of aryl methyl sites for hydroxylation is 1. The van der Waals surface area contributed by atoms with Crippen LogP contribution in [0.5, 0.6) is 5.75 Å². The number of carbonyl (C=O) groups is 1. The monoisotopic (exact) mass is 452 g/mol. The van der Waals surface area contributed by atoms with Crippen molar-refractivity contribution in [2.75, 3.05) is 6.54 Å². The molecule has 30 heavy (non-hydrogen) atoms. The number of rotatable bonds is 11. The molecule has 0 saturated heterocycles. The second-order valence-electron chi connectivity index (χ2n) is 7.42. The molecular formula is C22H29ClN2O4S. The molecule has 0 radical (unpaired) electrons. The molecule has 0 aliphatic heterocycles. The molecular weight excluding hydrogens is 424 g/mol. The Morgan fingerprint density at radius 1 is 1.10 bits per heavy atom. The van der Waals surface area contributed by atoms with Crippen LogP contribution in [0.4, 0.5) is 0 Å². The van der Waals surface area contributed by atoms with Gasteiger partial charge in [0.15, 0.2) is 0 Å². The first-order valence-corrected chi connectivity index (χ1v) is 11.8. The normalized spacial score (nSPS) is 12.6. The van der Waals surface area contributed by atoms with E-state index in [0.717, 1.165) is 18.6 Å². The second kappa shape index (κ2) is 11.3. The number of carbonyl (C=O) groups excluding carboxylic acids is 1. The summed E-state index contributed by atoms with van der Waals surface area (Å²) >= 11 is 5.83. The molecule has 0 fully saturated rings. The number of amides is 1. The molecule has 2 N–H and O–H groups in total. The van der Waals surface area contributed by atoms with Crippen LogP contribution in [-0.2, 0) is 21.2 Å². The molecule has 2 aromatic carbocycles. The van der Waals surface area contributed by atoms with Crippen LogP contribution in [0.1, 0.15) is 39.2 Å². The number of sulfonamides is 1. The van der Waals surface area contributed by atoms with Gasteiger partial charge in [0, 0.05) is 24.0 Å². The highest BCUT2D eigenvalue weighted by atomic mass is 35.5. The standard InChI is InChI=1S/C22H29ClN2O4S/c1-16(2)29-20-11-9-18(10-12-20)8-7-17(3)25-22(26)13-14-24-30(27,28)21-6-4-5-19(23)15-21/h4-6,9-12,15-17,24H,7-8,13-14H2,1-3H3,(H,25,26). The Kier molecular flexibility index (Phi) is 9.14. The first kappa shape index (κ1) is 24.2. The Bertz CT molecular complexity index is 930. The van der Waals surface area contributed by atoms with E-state index in [9.17, 15) is 13.2 Å². The van der Waals surface area contributed by atoms with Gasteiger partial charge in [0.05, 0.1) is 11.0 Å². The third-order valence-corrected chi connectivity index (χ3v) is 6.01. The number of benzene rings is 2. The van der Waals surface area contributed by atoms with Crippen LogP contribution in [0.25, 0.3) is 0 Å². The van der Waals surface area contributed by atoms with Crippen molar-refractivity contribution in [3.05, 3.63) is 59.1 Å². The fraction of sp³-hybridized carbons (Fsp3) is 0.409. The Morgan fingerprint density at radius 3 is 2.43 bits per heavy atom. The van der Waals surface area contributed by atoms with E-state index < -0.39 is 10.0 Å². The molecule has 0 bridgehead atoms. The van der Waals surface area contributed by atoms with Gasteiger partial charge in [-0.1, -0.05) is 29.8 Å². The maximum Gasteiger partial charge on any atom is 0.240 e. The second-order valence-corrected chi connectivity index (χ2v) is 9.63. The van der Waals surface area contributed by atoms with Gasteiger partial charge in [-0.25, -0.2) is 13.1 Å². The first-order valence-electron chi connectivity index (χ1n) is 9.96. The van der Waals surface area contributed by atoms with E-state index >= 15 is 0 Å². The topological polar surface area (TPSA) is 84.5 Å². The van der Waals surface area contributed by atoms with Gasteiger partial charge >= 0.3 is 0 Å². The molecule has 1 amide bonds. The fourth-order valence-corrected chi connectivity index (χ4v) is 4.16. The third kappa shape index (κ3) is 8.34. The summed E-state index contributed by atoms with van der Waals surface area (Å²) in [6.45, 7) is 5.93. The van der Waals surface area contributed by atoms with Crippen molar-refractivity contribution in [1.29, 1.82) is 0 Å². The van der Waals surface area contributed by atoms with Crippen molar-refractivity contribution in [3.63, 3.8) is 0 Å². The van der Waals surface area contributed by atoms with Gasteiger partial charge in [0.2, 0.25) is 15.9 Å². The van der Waals surface area contributed by atoms with E-state index in [1.54, 1.807) is 12.1 Å². The van der Waals surface area contributed by atoms with Gasteiger partial charge in [-0.2, -0.15) is 0 Å². The largest absolute Gasteiger partial charge is 0.491 e. The maximum atomic E-state index is 12.2. The zero-order valence-corrected chi connectivity index (χ0v) is 19.1. The lowest BCUT2D eigenvalue weighted by Gasteiger charge is -2.15. The average Bonchev–Trinajstić information content (AvgIpc) is 2.67. The lowest BCUT2D eigenvalue weighted by atomic mass is 10.1. The smallest absolute Gasteiger partial charge is 0.240 e. The molecule has 6 nitrogen and oxygen atoms in total. The summed E-state index contributed by atoms with van der Waals surface area (Å²) in [5, 5.41) is 3.24. The summed E-state index contributed by atoms with van der Waals surface area (Å²) in [5.41, 5.74) is 1.17. The van der Waals surface area contributed by atoms with Crippen LogP contribution in [0.3, 0.4) is 0 Å². The van der Waals surface area contributed by atoms with E-state index in [1.807, 2.05) is 45.0 Å². The molecule has 1 atom stereocenters. The third-order valence-electron chi connectivity index (χ3n) is 4.32. The van der Waals surface area contributed by atoms with E-state index in [2.05, 4.69) is 10.0 Å². The summed E-state index contributed by atoms with van der Waals surface area (Å²) in [7, 11) is -3.69. The molecule has 0 aliphatic carbocycles. The minimum atomic E-state index is -3.69. The quantitative estimate of drug-likeness (QED) is 0.541. The zero-order valence-electron chi connectivity index (χ0n) is 17.5. The van der Waals surface area contributed by atoms with Gasteiger partial charge in [0.1, 0.15) is 5.75 Å². The molecule has 0 spiro atoms. The molecule has 164 valence electrons. The van der Waals surface area contributed by atoms with Crippen molar-refractivity contribution in [2.45, 2.75) is 57.1 Å². The predicted molar refractivity (Wildman–Crippen MR) is 119 cm³/mol. The Labute approximate surface area is 184 Å². The predicted octanol–water partition coefficient (Wildman–Crippen LogP) is 3.93. The SMILES string of the molecule is CC(CCc1ccc(OC(C)C)cc1)NC(=O)CCNS(=O)(=O)c1cccc(Cl)c1. The van der Waals surface area contributed by atoms with Crippen LogP contribution in [0.15, 0.2) is 53.4 Å². The molecule has 8 heteroatoms. The Morgan fingerprint density at radius 2 is 1.80 bits per heavy atom. The average molecular weight is 453 g/mol. The Balaban J connectivity index is 1.71. The molecule has 2 rings (SSSR count). The van der Waals surface area contributed by atoms with Crippen molar-refractivity contribution in [3.8, 4) is 5.75 Å². The molecule has 2 aromatic rings. The van der Waals surface area contributed by atoms with Crippen LogP contribution >= 0.6 is 11.6 Å². The fourth-order valence-electron chi connectivity index (χ4n) is 2.83. The van der Waals surface area contributed by atoms with Crippen molar-refractivity contribution >= 4 is 27.5 Å². The number of hydrogen-bond donors (Lipinski definition) is 2. The molecule has 0 aliphatic rings. The van der Waals surface area contributed by atoms with E-state index in [-0.39, 0.29) is 35.9 Å². The van der Waals surface area contributed by atoms with Gasteiger partial charge in [-0.3, -0.25) is 4.79 Å². The van der Waals surface area contributed by atoms with Crippen LogP contribution in [-0.4, -0.2) is 33.0 Å². The van der Waals surface area contributed by atoms with E-state index in [0.29, 0.717) is 5.02 Å². The minimum absolute atomic E-state index is 0.0186. The summed E-state index contributed by atoms with van der Waals surface area (Å²) < 4.78 is 32.5. The highest BCUT2D eigenvalue weighted by molar-refractivity contribution is 7.89. The minimum Gasteiger partial charge on any atom is -0.491 e. The summed E-state index contributed by atoms with van der Waals surface area (Å²) in [6, 6.07) is 13.9. The van der Waals surface area contributed by atoms with Crippen LogP contribution < -0.4 is 14.8 Å². The summed E-state index contributed by atoms with van der Waals surface area (Å²) in [4.78, 5) is 12.2. The zero-order chi connectivity index (χ0) is 22.1. The summed E-state index contributed by atoms with van der Waals surface area (Å²) in [6.07, 6.45) is 1.81. The lowest BCUT2D eigenvalue weighted by Crippen LogP contribution is -2.35. The van der Waals surface area contributed by atoms with Gasteiger partial charge in [-0.05, 0) is 69.5 Å². The lowest BCUT2D eigenvalue weighted by molar-refractivity contribution is -0.121. The number of ether oxygens (including phenoxy) is 1. The molecule has 0 saturated carbocycles. The number of nitrogens with one attached hydrogen (secondary N) is 2. The molecule has 0 aromatic heterocycles. The van der Waals surface area contributed by atoms with Gasteiger partial charge in [-0.15, -0.1) is 0 Å². The highest BCUT2D eigenvalue weighted by Gasteiger charge is 2.15. The van der Waals surface area contributed by atoms with Gasteiger partial charge < -0.3 is 10.1 Å². The van der Waals surface area contributed by atoms with Crippen molar-refractivity contribution in [2.24, 2.45) is 0 Å². The van der Waals surface area contributed by atoms with Crippen LogP contribution in [0.2, 0.25) is 5.02 Å². The van der Waals surface area contributed by atoms with Crippen molar-refractivity contribution in [1.82, 2.24) is 10.0 Å². The molecule has 1 unspecified atom stereocenters. The van der Waals surface area contributed by atoms with E-state index in [4.69, 9.17) is 16.3 Å². The highest BCUT2D eigenvalue weighted by Crippen LogP contribution is 2.16. The number of halogens is 1. The maximum absolute atomic E-state index is 12.2.